The molecule has 2 rings (SSSR count). The van der Waals surface area contributed by atoms with Crippen LogP contribution in [0.3, 0.4) is 0 Å². The van der Waals surface area contributed by atoms with Gasteiger partial charge in [0.25, 0.3) is 0 Å². The van der Waals surface area contributed by atoms with Gasteiger partial charge in [-0.05, 0) is 56.7 Å². The molecule has 0 radical (unpaired) electrons. The molecule has 0 aliphatic heterocycles. The van der Waals surface area contributed by atoms with E-state index in [1.165, 1.54) is 0 Å². The summed E-state index contributed by atoms with van der Waals surface area (Å²) in [6.45, 7) is 0. The van der Waals surface area contributed by atoms with E-state index in [4.69, 9.17) is 0 Å². The zero-order chi connectivity index (χ0) is 13.1. The molecule has 94 valence electrons. The zero-order valence-corrected chi connectivity index (χ0v) is 13.1. The van der Waals surface area contributed by atoms with Crippen molar-refractivity contribution in [3.05, 3.63) is 38.3 Å². The summed E-state index contributed by atoms with van der Waals surface area (Å²) in [5.41, 5.74) is 0.766. The zero-order valence-electron chi connectivity index (χ0n) is 9.34. The summed E-state index contributed by atoms with van der Waals surface area (Å²) in [5, 5.41) is 5.69. The molecule has 1 heterocycles. The normalized spacial score (nSPS) is 10.2. The third-order valence-corrected chi connectivity index (χ3v) is 4.48. The molecule has 4 nitrogen and oxygen atoms in total. The highest BCUT2D eigenvalue weighted by Crippen LogP contribution is 2.25. The molecule has 0 bridgehead atoms. The average molecular weight is 423 g/mol. The highest BCUT2D eigenvalue weighted by Gasteiger charge is 2.07. The van der Waals surface area contributed by atoms with Crippen molar-refractivity contribution in [1.82, 2.24) is 9.97 Å². The van der Waals surface area contributed by atoms with Crippen LogP contribution in [-0.2, 0) is 0 Å². The Hall–Kier alpha value is -0.960. The van der Waals surface area contributed by atoms with Gasteiger partial charge < -0.3 is 10.6 Å². The van der Waals surface area contributed by atoms with Crippen LogP contribution < -0.4 is 10.6 Å². The molecule has 0 atom stereocenters. The van der Waals surface area contributed by atoms with Crippen LogP contribution in [-0.4, -0.2) is 17.0 Å². The Morgan fingerprint density at radius 2 is 2.17 bits per heavy atom. The molecule has 0 saturated carbocycles. The Kier molecular flexibility index (Phi) is 4.33. The highest BCUT2D eigenvalue weighted by molar-refractivity contribution is 14.1. The van der Waals surface area contributed by atoms with E-state index in [0.29, 0.717) is 5.95 Å². The van der Waals surface area contributed by atoms with Crippen LogP contribution in [0.4, 0.5) is 21.8 Å². The van der Waals surface area contributed by atoms with Gasteiger partial charge in [-0.2, -0.15) is 4.98 Å². The van der Waals surface area contributed by atoms with Crippen molar-refractivity contribution in [2.24, 2.45) is 0 Å². The molecule has 2 N–H and O–H groups in total. The largest absolute Gasteiger partial charge is 0.357 e. The van der Waals surface area contributed by atoms with Gasteiger partial charge in [0.1, 0.15) is 0 Å². The number of hydrogen-bond donors (Lipinski definition) is 2. The molecule has 0 amide bonds. The monoisotopic (exact) mass is 422 g/mol. The Morgan fingerprint density at radius 1 is 1.39 bits per heavy atom. The Bertz CT molecular complexity index is 579. The number of nitrogens with zero attached hydrogens (tertiary/aromatic N) is 2. The Balaban J connectivity index is 2.30. The van der Waals surface area contributed by atoms with Crippen LogP contribution in [0.1, 0.15) is 0 Å². The van der Waals surface area contributed by atoms with Gasteiger partial charge in [-0.15, -0.1) is 0 Å². The minimum Gasteiger partial charge on any atom is -0.357 e. The maximum atomic E-state index is 13.5. The molecule has 1 aromatic heterocycles. The van der Waals surface area contributed by atoms with Gasteiger partial charge in [0.2, 0.25) is 5.95 Å². The number of halogens is 3. The standard InChI is InChI=1S/C11H9BrFIN4/c1-15-11-16-5-8(13)10(18-11)17-6-2-3-7(12)9(14)4-6/h2-5H,1H3,(H2,15,16,17,18). The molecule has 1 aromatic carbocycles. The third kappa shape index (κ3) is 3.08. The fourth-order valence-corrected chi connectivity index (χ4v) is 2.05. The molecule has 0 saturated heterocycles. The van der Waals surface area contributed by atoms with Gasteiger partial charge in [-0.3, -0.25) is 0 Å². The second-order valence-electron chi connectivity index (χ2n) is 3.39. The first-order chi connectivity index (χ1) is 8.60. The maximum absolute atomic E-state index is 13.5. The lowest BCUT2D eigenvalue weighted by Crippen LogP contribution is -2.03. The SMILES string of the molecule is CNc1ncc(F)c(Nc2ccc(Br)c(I)c2)n1. The lowest BCUT2D eigenvalue weighted by atomic mass is 10.3. The summed E-state index contributed by atoms with van der Waals surface area (Å²) in [4.78, 5) is 7.80. The number of benzene rings is 1. The average Bonchev–Trinajstić information content (AvgIpc) is 2.36. The number of anilines is 3. The van der Waals surface area contributed by atoms with Gasteiger partial charge in [0.15, 0.2) is 11.6 Å². The van der Waals surface area contributed by atoms with E-state index in [1.807, 2.05) is 18.2 Å². The summed E-state index contributed by atoms with van der Waals surface area (Å²) in [6, 6.07) is 5.63. The quantitative estimate of drug-likeness (QED) is 0.739. The van der Waals surface area contributed by atoms with Crippen molar-refractivity contribution in [1.29, 1.82) is 0 Å². The predicted molar refractivity (Wildman–Crippen MR) is 81.7 cm³/mol. The van der Waals surface area contributed by atoms with Crippen molar-refractivity contribution in [3.8, 4) is 0 Å². The molecule has 7 heteroatoms. The van der Waals surface area contributed by atoms with E-state index >= 15 is 0 Å². The highest BCUT2D eigenvalue weighted by atomic mass is 127. The van der Waals surface area contributed by atoms with E-state index in [2.05, 4.69) is 59.1 Å². The van der Waals surface area contributed by atoms with Crippen LogP contribution in [0.15, 0.2) is 28.9 Å². The van der Waals surface area contributed by atoms with E-state index in [0.717, 1.165) is 19.9 Å². The van der Waals surface area contributed by atoms with Gasteiger partial charge in [0.05, 0.1) is 6.20 Å². The van der Waals surface area contributed by atoms with Crippen molar-refractivity contribution < 1.29 is 4.39 Å². The molecule has 0 fully saturated rings. The fourth-order valence-electron chi connectivity index (χ4n) is 1.29. The van der Waals surface area contributed by atoms with Crippen molar-refractivity contribution in [2.45, 2.75) is 0 Å². The molecular formula is C11H9BrFIN4. The molecule has 18 heavy (non-hydrogen) atoms. The van der Waals surface area contributed by atoms with Crippen LogP contribution >= 0.6 is 38.5 Å². The van der Waals surface area contributed by atoms with Gasteiger partial charge in [0, 0.05) is 20.8 Å². The van der Waals surface area contributed by atoms with Gasteiger partial charge in [-0.25, -0.2) is 9.37 Å². The summed E-state index contributed by atoms with van der Waals surface area (Å²) in [6.07, 6.45) is 1.13. The van der Waals surface area contributed by atoms with Crippen LogP contribution in [0.2, 0.25) is 0 Å². The first-order valence-corrected chi connectivity index (χ1v) is 6.89. The minimum absolute atomic E-state index is 0.146. The Morgan fingerprint density at radius 3 is 2.83 bits per heavy atom. The first kappa shape index (κ1) is 13.5. The lowest BCUT2D eigenvalue weighted by molar-refractivity contribution is 0.619. The predicted octanol–water partition coefficient (Wildman–Crippen LogP) is 3.77. The molecule has 0 unspecified atom stereocenters. The van der Waals surface area contributed by atoms with Crippen LogP contribution in [0.25, 0.3) is 0 Å². The van der Waals surface area contributed by atoms with Crippen molar-refractivity contribution in [2.75, 3.05) is 17.7 Å². The van der Waals surface area contributed by atoms with Crippen molar-refractivity contribution >= 4 is 56.0 Å². The first-order valence-electron chi connectivity index (χ1n) is 5.02. The maximum Gasteiger partial charge on any atom is 0.224 e. The summed E-state index contributed by atoms with van der Waals surface area (Å²) in [5.74, 6) is 0.0186. The van der Waals surface area contributed by atoms with E-state index < -0.39 is 5.82 Å². The Labute approximate surface area is 126 Å². The van der Waals surface area contributed by atoms with E-state index in [-0.39, 0.29) is 5.82 Å². The molecular weight excluding hydrogens is 414 g/mol. The molecule has 0 aliphatic carbocycles. The number of aromatic nitrogens is 2. The van der Waals surface area contributed by atoms with Crippen molar-refractivity contribution in [3.63, 3.8) is 0 Å². The van der Waals surface area contributed by atoms with E-state index in [9.17, 15) is 4.39 Å². The van der Waals surface area contributed by atoms with Crippen LogP contribution in [0, 0.1) is 9.39 Å². The third-order valence-electron chi connectivity index (χ3n) is 2.15. The topological polar surface area (TPSA) is 49.8 Å². The van der Waals surface area contributed by atoms with Crippen LogP contribution in [0.5, 0.6) is 0 Å². The minimum atomic E-state index is -0.494. The summed E-state index contributed by atoms with van der Waals surface area (Å²) >= 11 is 5.60. The second kappa shape index (κ2) is 5.79. The molecule has 0 spiro atoms. The van der Waals surface area contributed by atoms with E-state index in [1.54, 1.807) is 7.05 Å². The number of nitrogens with one attached hydrogen (secondary N) is 2. The number of hydrogen-bond acceptors (Lipinski definition) is 4. The van der Waals surface area contributed by atoms with Gasteiger partial charge >= 0.3 is 0 Å². The molecule has 2 aromatic rings. The summed E-state index contributed by atoms with van der Waals surface area (Å²) < 4.78 is 15.6. The lowest BCUT2D eigenvalue weighted by Gasteiger charge is -2.08. The second-order valence-corrected chi connectivity index (χ2v) is 5.41. The van der Waals surface area contributed by atoms with Gasteiger partial charge in [-0.1, -0.05) is 0 Å². The number of rotatable bonds is 3. The smallest absolute Gasteiger partial charge is 0.224 e. The summed E-state index contributed by atoms with van der Waals surface area (Å²) in [7, 11) is 1.68. The molecule has 0 aliphatic rings. The fraction of sp³-hybridized carbons (Fsp3) is 0.0909.